The number of phenols is 1. The number of hydrogen-bond acceptors (Lipinski definition) is 5. The molecule has 3 aliphatic rings. The summed E-state index contributed by atoms with van der Waals surface area (Å²) < 4.78 is 6.02. The fourth-order valence-corrected chi connectivity index (χ4v) is 5.07. The third kappa shape index (κ3) is 1.44. The molecular weight excluding hydrogens is 282 g/mol. The van der Waals surface area contributed by atoms with Crippen LogP contribution in [0.15, 0.2) is 12.1 Å². The highest BCUT2D eigenvalue weighted by Gasteiger charge is 2.69. The van der Waals surface area contributed by atoms with Gasteiger partial charge in [0, 0.05) is 11.6 Å². The van der Waals surface area contributed by atoms with Crippen LogP contribution in [0.1, 0.15) is 37.3 Å². The highest BCUT2D eigenvalue weighted by molar-refractivity contribution is 5.60. The van der Waals surface area contributed by atoms with E-state index in [-0.39, 0.29) is 11.8 Å². The Morgan fingerprint density at radius 2 is 2.09 bits per heavy atom. The second-order valence-corrected chi connectivity index (χ2v) is 7.07. The molecule has 1 aromatic rings. The molecule has 120 valence electrons. The molecule has 1 saturated carbocycles. The third-order valence-corrected chi connectivity index (χ3v) is 6.15. The molecule has 5 heteroatoms. The van der Waals surface area contributed by atoms with E-state index in [9.17, 15) is 15.3 Å². The first-order valence-corrected chi connectivity index (χ1v) is 8.05. The zero-order chi connectivity index (χ0) is 15.7. The molecular formula is C17H23NO4. The van der Waals surface area contributed by atoms with Gasteiger partial charge in [-0.05, 0) is 51.3 Å². The van der Waals surface area contributed by atoms with E-state index >= 15 is 0 Å². The molecule has 5 nitrogen and oxygen atoms in total. The van der Waals surface area contributed by atoms with Gasteiger partial charge in [0.05, 0.1) is 17.1 Å². The number of aryl methyl sites for hydroxylation is 1. The van der Waals surface area contributed by atoms with Crippen molar-refractivity contribution in [3.63, 3.8) is 0 Å². The SMILES string of the molecule is Cc1ccc(O)c2c1C13CCNC(C)C1(O)CCC(O)C3O2. The summed E-state index contributed by atoms with van der Waals surface area (Å²) in [6.45, 7) is 4.73. The second-order valence-electron chi connectivity index (χ2n) is 7.07. The zero-order valence-electron chi connectivity index (χ0n) is 13.0. The van der Waals surface area contributed by atoms with Gasteiger partial charge < -0.3 is 25.4 Å². The summed E-state index contributed by atoms with van der Waals surface area (Å²) in [5, 5.41) is 35.7. The van der Waals surface area contributed by atoms with Crippen molar-refractivity contribution in [2.24, 2.45) is 0 Å². The number of benzene rings is 1. The topological polar surface area (TPSA) is 82.0 Å². The minimum absolute atomic E-state index is 0.0881. The summed E-state index contributed by atoms with van der Waals surface area (Å²) >= 11 is 0. The molecule has 5 atom stereocenters. The summed E-state index contributed by atoms with van der Waals surface area (Å²) in [6, 6.07) is 3.40. The largest absolute Gasteiger partial charge is 0.504 e. The van der Waals surface area contributed by atoms with Crippen molar-refractivity contribution in [3.8, 4) is 11.5 Å². The van der Waals surface area contributed by atoms with E-state index in [0.717, 1.165) is 17.7 Å². The van der Waals surface area contributed by atoms with E-state index in [2.05, 4.69) is 5.32 Å². The molecule has 4 rings (SSSR count). The van der Waals surface area contributed by atoms with Crippen LogP contribution in [0, 0.1) is 6.92 Å². The molecule has 0 aromatic heterocycles. The first kappa shape index (κ1) is 14.3. The van der Waals surface area contributed by atoms with Crippen LogP contribution in [0.4, 0.5) is 0 Å². The van der Waals surface area contributed by atoms with Gasteiger partial charge in [0.2, 0.25) is 0 Å². The number of aliphatic hydroxyl groups is 2. The van der Waals surface area contributed by atoms with Gasteiger partial charge in [-0.3, -0.25) is 0 Å². The van der Waals surface area contributed by atoms with Crippen molar-refractivity contribution in [1.82, 2.24) is 5.32 Å². The molecule has 2 fully saturated rings. The van der Waals surface area contributed by atoms with Gasteiger partial charge in [-0.25, -0.2) is 0 Å². The van der Waals surface area contributed by atoms with Crippen LogP contribution >= 0.6 is 0 Å². The Labute approximate surface area is 129 Å². The van der Waals surface area contributed by atoms with Crippen LogP contribution < -0.4 is 10.1 Å². The Kier molecular flexibility index (Phi) is 2.84. The van der Waals surface area contributed by atoms with Crippen LogP contribution in [0.3, 0.4) is 0 Å². The van der Waals surface area contributed by atoms with Gasteiger partial charge in [-0.1, -0.05) is 6.07 Å². The Balaban J connectivity index is 2.02. The number of nitrogens with one attached hydrogen (secondary N) is 1. The minimum atomic E-state index is -0.987. The van der Waals surface area contributed by atoms with Gasteiger partial charge in [0.15, 0.2) is 11.5 Å². The number of aliphatic hydroxyl groups excluding tert-OH is 1. The quantitative estimate of drug-likeness (QED) is 0.574. The molecule has 4 N–H and O–H groups in total. The van der Waals surface area contributed by atoms with Crippen molar-refractivity contribution in [3.05, 3.63) is 23.3 Å². The van der Waals surface area contributed by atoms with Gasteiger partial charge in [0.1, 0.15) is 6.10 Å². The summed E-state index contributed by atoms with van der Waals surface area (Å²) in [4.78, 5) is 0. The Hall–Kier alpha value is -1.30. The van der Waals surface area contributed by atoms with E-state index in [1.807, 2.05) is 19.9 Å². The summed E-state index contributed by atoms with van der Waals surface area (Å²) in [7, 11) is 0. The Morgan fingerprint density at radius 1 is 1.32 bits per heavy atom. The average Bonchev–Trinajstić information content (AvgIpc) is 2.85. The molecule has 1 aromatic carbocycles. The summed E-state index contributed by atoms with van der Waals surface area (Å²) in [6.07, 6.45) is 0.585. The van der Waals surface area contributed by atoms with Crippen molar-refractivity contribution >= 4 is 0 Å². The van der Waals surface area contributed by atoms with Gasteiger partial charge in [-0.15, -0.1) is 0 Å². The maximum absolute atomic E-state index is 11.6. The standard InChI is InChI=1S/C17H23NO4/c1-9-3-4-11(19)14-13(9)16-7-8-18-10(2)17(16,21)6-5-12(20)15(16)22-14/h3-4,10,12,15,18-21H,5-8H2,1-2H3. The van der Waals surface area contributed by atoms with Crippen LogP contribution in [0.2, 0.25) is 0 Å². The first-order chi connectivity index (χ1) is 10.4. The molecule has 5 unspecified atom stereocenters. The van der Waals surface area contributed by atoms with Gasteiger partial charge in [0.25, 0.3) is 0 Å². The maximum Gasteiger partial charge on any atom is 0.165 e. The Bertz CT molecular complexity index is 633. The molecule has 0 radical (unpaired) electrons. The fraction of sp³-hybridized carbons (Fsp3) is 0.647. The molecule has 1 aliphatic carbocycles. The number of phenolic OH excluding ortho intramolecular Hbond substituents is 1. The van der Waals surface area contributed by atoms with Gasteiger partial charge in [-0.2, -0.15) is 0 Å². The van der Waals surface area contributed by atoms with E-state index in [4.69, 9.17) is 4.74 Å². The van der Waals surface area contributed by atoms with Crippen molar-refractivity contribution in [2.45, 2.75) is 62.4 Å². The lowest BCUT2D eigenvalue weighted by atomic mass is 9.52. The van der Waals surface area contributed by atoms with E-state index < -0.39 is 23.2 Å². The molecule has 1 spiro atoms. The Morgan fingerprint density at radius 3 is 2.86 bits per heavy atom. The summed E-state index contributed by atoms with van der Waals surface area (Å²) in [5.74, 6) is 0.531. The van der Waals surface area contributed by atoms with Gasteiger partial charge >= 0.3 is 0 Å². The molecule has 0 bridgehead atoms. The number of rotatable bonds is 0. The highest BCUT2D eigenvalue weighted by atomic mass is 16.5. The van der Waals surface area contributed by atoms with E-state index in [0.29, 0.717) is 25.0 Å². The predicted molar refractivity (Wildman–Crippen MR) is 81.2 cm³/mol. The predicted octanol–water partition coefficient (Wildman–Crippen LogP) is 0.967. The van der Waals surface area contributed by atoms with E-state index in [1.165, 1.54) is 0 Å². The zero-order valence-corrected chi connectivity index (χ0v) is 13.0. The number of aromatic hydroxyl groups is 1. The first-order valence-electron chi connectivity index (χ1n) is 8.05. The molecule has 2 aliphatic heterocycles. The normalized spacial score (nSPS) is 43.0. The molecule has 0 amide bonds. The average molecular weight is 305 g/mol. The second kappa shape index (κ2) is 4.37. The lowest BCUT2D eigenvalue weighted by Crippen LogP contribution is -2.74. The summed E-state index contributed by atoms with van der Waals surface area (Å²) in [5.41, 5.74) is 0.232. The van der Waals surface area contributed by atoms with Crippen molar-refractivity contribution < 1.29 is 20.1 Å². The van der Waals surface area contributed by atoms with Crippen LogP contribution in [0.5, 0.6) is 11.5 Å². The number of ether oxygens (including phenoxy) is 1. The maximum atomic E-state index is 11.6. The number of hydrogen-bond donors (Lipinski definition) is 4. The van der Waals surface area contributed by atoms with Crippen LogP contribution in [-0.4, -0.2) is 45.7 Å². The molecule has 22 heavy (non-hydrogen) atoms. The van der Waals surface area contributed by atoms with Crippen molar-refractivity contribution in [1.29, 1.82) is 0 Å². The number of piperidine rings is 1. The molecule has 1 saturated heterocycles. The lowest BCUT2D eigenvalue weighted by Gasteiger charge is -2.58. The monoisotopic (exact) mass is 305 g/mol. The van der Waals surface area contributed by atoms with Crippen LogP contribution in [0.25, 0.3) is 0 Å². The van der Waals surface area contributed by atoms with Crippen LogP contribution in [-0.2, 0) is 5.41 Å². The minimum Gasteiger partial charge on any atom is -0.504 e. The molecule has 2 heterocycles. The van der Waals surface area contributed by atoms with Crippen molar-refractivity contribution in [2.75, 3.05) is 6.54 Å². The highest BCUT2D eigenvalue weighted by Crippen LogP contribution is 2.61. The fourth-order valence-electron chi connectivity index (χ4n) is 5.07. The third-order valence-electron chi connectivity index (χ3n) is 6.15. The lowest BCUT2D eigenvalue weighted by molar-refractivity contribution is -0.172. The smallest absolute Gasteiger partial charge is 0.165 e. The number of fused-ring (bicyclic) bond motifs is 1. The van der Waals surface area contributed by atoms with E-state index in [1.54, 1.807) is 6.07 Å².